The fourth-order valence-corrected chi connectivity index (χ4v) is 3.54. The summed E-state index contributed by atoms with van der Waals surface area (Å²) in [6.07, 6.45) is 9.32. The minimum absolute atomic E-state index is 0. The van der Waals surface area contributed by atoms with E-state index in [4.69, 9.17) is 5.73 Å². The zero-order chi connectivity index (χ0) is 15.1. The molecule has 5 nitrogen and oxygen atoms in total. The minimum atomic E-state index is -0.00635. The van der Waals surface area contributed by atoms with Gasteiger partial charge in [-0.25, -0.2) is 0 Å². The van der Waals surface area contributed by atoms with Crippen molar-refractivity contribution in [1.82, 2.24) is 10.2 Å². The van der Waals surface area contributed by atoms with Gasteiger partial charge in [0.25, 0.3) is 0 Å². The van der Waals surface area contributed by atoms with Gasteiger partial charge < -0.3 is 16.0 Å². The molecule has 2 amide bonds. The molecule has 22 heavy (non-hydrogen) atoms. The second kappa shape index (κ2) is 10.1. The van der Waals surface area contributed by atoms with Crippen molar-refractivity contribution in [3.63, 3.8) is 0 Å². The van der Waals surface area contributed by atoms with Crippen LogP contribution in [-0.2, 0) is 9.59 Å². The van der Waals surface area contributed by atoms with Gasteiger partial charge in [0.1, 0.15) is 0 Å². The lowest BCUT2D eigenvalue weighted by molar-refractivity contribution is -0.140. The van der Waals surface area contributed by atoms with Crippen molar-refractivity contribution in [2.75, 3.05) is 19.6 Å². The van der Waals surface area contributed by atoms with Crippen molar-refractivity contribution in [1.29, 1.82) is 0 Å². The van der Waals surface area contributed by atoms with Gasteiger partial charge in [0.2, 0.25) is 11.8 Å². The van der Waals surface area contributed by atoms with E-state index < -0.39 is 0 Å². The zero-order valence-corrected chi connectivity index (χ0v) is 14.2. The Labute approximate surface area is 139 Å². The maximum atomic E-state index is 12.7. The van der Waals surface area contributed by atoms with E-state index in [9.17, 15) is 9.59 Å². The maximum Gasteiger partial charge on any atom is 0.225 e. The van der Waals surface area contributed by atoms with Crippen molar-refractivity contribution in [3.8, 4) is 0 Å². The van der Waals surface area contributed by atoms with E-state index >= 15 is 0 Å². The molecule has 2 aliphatic rings. The van der Waals surface area contributed by atoms with E-state index in [0.717, 1.165) is 38.6 Å². The van der Waals surface area contributed by atoms with E-state index in [1.807, 2.05) is 4.90 Å². The lowest BCUT2D eigenvalue weighted by Crippen LogP contribution is -2.51. The van der Waals surface area contributed by atoms with E-state index in [0.29, 0.717) is 25.4 Å². The predicted molar refractivity (Wildman–Crippen MR) is 89.9 cm³/mol. The fourth-order valence-electron chi connectivity index (χ4n) is 3.54. The van der Waals surface area contributed by atoms with Crippen molar-refractivity contribution < 1.29 is 9.59 Å². The Morgan fingerprint density at radius 2 is 1.73 bits per heavy atom. The first-order chi connectivity index (χ1) is 10.2. The van der Waals surface area contributed by atoms with Crippen LogP contribution in [-0.4, -0.2) is 42.4 Å². The Morgan fingerprint density at radius 3 is 2.41 bits per heavy atom. The molecule has 2 fully saturated rings. The average molecular weight is 332 g/mol. The van der Waals surface area contributed by atoms with Gasteiger partial charge in [0, 0.05) is 38.0 Å². The van der Waals surface area contributed by atoms with Crippen LogP contribution in [0.5, 0.6) is 0 Å². The smallest absolute Gasteiger partial charge is 0.225 e. The molecule has 0 bridgehead atoms. The molecule has 2 rings (SSSR count). The van der Waals surface area contributed by atoms with E-state index in [2.05, 4.69) is 5.32 Å². The molecule has 0 radical (unpaired) electrons. The normalized spacial score (nSPS) is 22.8. The summed E-state index contributed by atoms with van der Waals surface area (Å²) in [6, 6.07) is 0.176. The number of hydrogen-bond donors (Lipinski definition) is 2. The number of nitrogens with zero attached hydrogens (tertiary/aromatic N) is 1. The maximum absolute atomic E-state index is 12.7. The molecule has 1 aliphatic carbocycles. The monoisotopic (exact) mass is 331 g/mol. The molecule has 6 heteroatoms. The second-order valence-electron chi connectivity index (χ2n) is 6.36. The van der Waals surface area contributed by atoms with Gasteiger partial charge in [0.05, 0.1) is 0 Å². The number of carbonyl (C=O) groups excluding carboxylic acids is 2. The highest BCUT2D eigenvalue weighted by atomic mass is 35.5. The van der Waals surface area contributed by atoms with Crippen LogP contribution >= 0.6 is 12.4 Å². The van der Waals surface area contributed by atoms with Crippen LogP contribution in [0.15, 0.2) is 0 Å². The van der Waals surface area contributed by atoms with Crippen LogP contribution in [0.1, 0.15) is 57.8 Å². The first-order valence-corrected chi connectivity index (χ1v) is 8.49. The molecule has 1 atom stereocenters. The summed E-state index contributed by atoms with van der Waals surface area (Å²) in [5.41, 5.74) is 5.39. The van der Waals surface area contributed by atoms with E-state index in [1.165, 1.54) is 19.3 Å². The highest BCUT2D eigenvalue weighted by molar-refractivity contribution is 5.85. The lowest BCUT2D eigenvalue weighted by atomic mass is 9.87. The molecule has 0 aromatic carbocycles. The number of carbonyl (C=O) groups is 2. The average Bonchev–Trinajstić information content (AvgIpc) is 2.54. The van der Waals surface area contributed by atoms with Gasteiger partial charge in [-0.3, -0.25) is 9.59 Å². The number of rotatable bonds is 5. The largest absolute Gasteiger partial charge is 0.354 e. The summed E-state index contributed by atoms with van der Waals surface area (Å²) >= 11 is 0. The quantitative estimate of drug-likeness (QED) is 0.807. The molecule has 1 saturated heterocycles. The van der Waals surface area contributed by atoms with Gasteiger partial charge in [-0.2, -0.15) is 0 Å². The summed E-state index contributed by atoms with van der Waals surface area (Å²) in [6.45, 7) is 1.81. The first kappa shape index (κ1) is 19.2. The molecule has 1 heterocycles. The molecule has 0 aromatic heterocycles. The van der Waals surface area contributed by atoms with Crippen LogP contribution in [0.25, 0.3) is 0 Å². The Kier molecular flexibility index (Phi) is 8.79. The molecule has 0 spiro atoms. The molecule has 0 aromatic rings. The summed E-state index contributed by atoms with van der Waals surface area (Å²) < 4.78 is 0. The lowest BCUT2D eigenvalue weighted by Gasteiger charge is -2.38. The van der Waals surface area contributed by atoms with Crippen LogP contribution in [0, 0.1) is 5.92 Å². The number of hydrogen-bond acceptors (Lipinski definition) is 3. The Hall–Kier alpha value is -0.810. The van der Waals surface area contributed by atoms with Gasteiger partial charge in [-0.05, 0) is 32.1 Å². The summed E-state index contributed by atoms with van der Waals surface area (Å²) in [5, 5.41) is 2.93. The number of piperidine rings is 1. The fraction of sp³-hybridized carbons (Fsp3) is 0.875. The number of halogens is 1. The van der Waals surface area contributed by atoms with Gasteiger partial charge in [-0.1, -0.05) is 19.3 Å². The molecule has 1 unspecified atom stereocenters. The molecule has 1 aliphatic heterocycles. The molecule has 3 N–H and O–H groups in total. The topological polar surface area (TPSA) is 75.4 Å². The first-order valence-electron chi connectivity index (χ1n) is 8.49. The Morgan fingerprint density at radius 1 is 1.05 bits per heavy atom. The second-order valence-corrected chi connectivity index (χ2v) is 6.36. The van der Waals surface area contributed by atoms with Crippen LogP contribution in [0.3, 0.4) is 0 Å². The standard InChI is InChI=1S/C16H29N3O2.ClH/c17-10-9-15(20)18-12-14-8-4-5-11-19(14)16(21)13-6-2-1-3-7-13;/h13-14H,1-12,17H2,(H,18,20);1H. The molecular weight excluding hydrogens is 302 g/mol. The summed E-state index contributed by atoms with van der Waals surface area (Å²) in [5.74, 6) is 0.541. The van der Waals surface area contributed by atoms with Crippen molar-refractivity contribution >= 4 is 24.2 Å². The van der Waals surface area contributed by atoms with E-state index in [-0.39, 0.29) is 30.3 Å². The number of nitrogens with one attached hydrogen (secondary N) is 1. The van der Waals surface area contributed by atoms with Crippen LogP contribution in [0.2, 0.25) is 0 Å². The highest BCUT2D eigenvalue weighted by Crippen LogP contribution is 2.28. The number of likely N-dealkylation sites (tertiary alicyclic amines) is 1. The highest BCUT2D eigenvalue weighted by Gasteiger charge is 2.32. The minimum Gasteiger partial charge on any atom is -0.354 e. The SMILES string of the molecule is Cl.NCCC(=O)NCC1CCCCN1C(=O)C1CCCCC1. The Bertz CT molecular complexity index is 359. The van der Waals surface area contributed by atoms with Crippen molar-refractivity contribution in [3.05, 3.63) is 0 Å². The molecule has 128 valence electrons. The summed E-state index contributed by atoms with van der Waals surface area (Å²) in [4.78, 5) is 26.3. The van der Waals surface area contributed by atoms with Crippen LogP contribution in [0.4, 0.5) is 0 Å². The van der Waals surface area contributed by atoms with Gasteiger partial charge >= 0.3 is 0 Å². The van der Waals surface area contributed by atoms with Crippen molar-refractivity contribution in [2.45, 2.75) is 63.8 Å². The third kappa shape index (κ3) is 5.43. The number of amides is 2. The van der Waals surface area contributed by atoms with Crippen molar-refractivity contribution in [2.24, 2.45) is 11.7 Å². The molecular formula is C16H30ClN3O2. The predicted octanol–water partition coefficient (Wildman–Crippen LogP) is 1.83. The third-order valence-electron chi connectivity index (χ3n) is 4.77. The summed E-state index contributed by atoms with van der Waals surface area (Å²) in [7, 11) is 0. The van der Waals surface area contributed by atoms with E-state index in [1.54, 1.807) is 0 Å². The number of nitrogens with two attached hydrogens (primary N) is 1. The van der Waals surface area contributed by atoms with Gasteiger partial charge in [-0.15, -0.1) is 12.4 Å². The zero-order valence-electron chi connectivity index (χ0n) is 13.4. The van der Waals surface area contributed by atoms with Gasteiger partial charge in [0.15, 0.2) is 0 Å². The Balaban J connectivity index is 0.00000242. The van der Waals surface area contributed by atoms with Crippen LogP contribution < -0.4 is 11.1 Å². The third-order valence-corrected chi connectivity index (χ3v) is 4.77. The molecule has 1 saturated carbocycles.